The van der Waals surface area contributed by atoms with Crippen molar-refractivity contribution < 1.29 is 14.3 Å². The average Bonchev–Trinajstić information content (AvgIpc) is 3.21. The van der Waals surface area contributed by atoms with Crippen molar-refractivity contribution in [3.8, 4) is 10.4 Å². The molecule has 1 aromatic heterocycles. The lowest BCUT2D eigenvalue weighted by Gasteiger charge is -2.42. The first-order valence-corrected chi connectivity index (χ1v) is 11.6. The highest BCUT2D eigenvalue weighted by Gasteiger charge is 2.48. The van der Waals surface area contributed by atoms with Gasteiger partial charge in [-0.15, -0.1) is 11.3 Å². The number of benzene rings is 1. The second kappa shape index (κ2) is 8.52. The number of nitrogens with zero attached hydrogens (tertiary/aromatic N) is 1. The Balaban J connectivity index is 1.56. The lowest BCUT2D eigenvalue weighted by molar-refractivity contribution is -0.167. The van der Waals surface area contributed by atoms with Crippen LogP contribution in [0.1, 0.15) is 32.8 Å². The average molecular weight is 427 g/mol. The van der Waals surface area contributed by atoms with Crippen LogP contribution in [0.4, 0.5) is 0 Å². The van der Waals surface area contributed by atoms with Gasteiger partial charge in [0.25, 0.3) is 5.91 Å². The van der Waals surface area contributed by atoms with Gasteiger partial charge in [0.15, 0.2) is 5.60 Å². The summed E-state index contributed by atoms with van der Waals surface area (Å²) >= 11 is 1.71. The van der Waals surface area contributed by atoms with Crippen molar-refractivity contribution in [3.63, 3.8) is 0 Å². The third-order valence-electron chi connectivity index (χ3n) is 6.01. The van der Waals surface area contributed by atoms with Crippen LogP contribution in [-0.2, 0) is 20.7 Å². The van der Waals surface area contributed by atoms with Crippen molar-refractivity contribution in [2.45, 2.75) is 45.3 Å². The number of hydrogen-bond acceptors (Lipinski definition) is 4. The maximum atomic E-state index is 13.2. The molecule has 160 valence electrons. The summed E-state index contributed by atoms with van der Waals surface area (Å²) in [6.07, 6.45) is 1.39. The van der Waals surface area contributed by atoms with Crippen molar-refractivity contribution >= 4 is 23.2 Å². The Labute approximate surface area is 182 Å². The summed E-state index contributed by atoms with van der Waals surface area (Å²) in [7, 11) is 0. The molecule has 2 heterocycles. The molecule has 2 aliphatic rings. The van der Waals surface area contributed by atoms with Crippen LogP contribution < -0.4 is 5.32 Å². The fraction of sp³-hybridized carbons (Fsp3) is 0.500. The highest BCUT2D eigenvalue weighted by Crippen LogP contribution is 2.40. The molecule has 30 heavy (non-hydrogen) atoms. The number of hydrogen-bond donors (Lipinski definition) is 1. The molecular formula is C24H30N2O3S. The molecule has 2 amide bonds. The molecule has 3 unspecified atom stereocenters. The Morgan fingerprint density at radius 1 is 1.27 bits per heavy atom. The van der Waals surface area contributed by atoms with Gasteiger partial charge >= 0.3 is 0 Å². The summed E-state index contributed by atoms with van der Waals surface area (Å²) in [5.41, 5.74) is 1.14. The topological polar surface area (TPSA) is 58.6 Å². The highest BCUT2D eigenvalue weighted by atomic mass is 32.1. The van der Waals surface area contributed by atoms with Crippen LogP contribution >= 0.6 is 11.3 Å². The number of nitrogens with one attached hydrogen (secondary N) is 1. The normalized spacial score (nSPS) is 25.9. The van der Waals surface area contributed by atoms with E-state index < -0.39 is 5.60 Å². The van der Waals surface area contributed by atoms with Crippen molar-refractivity contribution in [3.05, 3.63) is 47.3 Å². The van der Waals surface area contributed by atoms with E-state index >= 15 is 0 Å². The van der Waals surface area contributed by atoms with Crippen LogP contribution in [0, 0.1) is 11.8 Å². The summed E-state index contributed by atoms with van der Waals surface area (Å²) in [6, 6.07) is 12.5. The van der Waals surface area contributed by atoms with Gasteiger partial charge in [0.1, 0.15) is 0 Å². The molecule has 6 heteroatoms. The quantitative estimate of drug-likeness (QED) is 0.766. The van der Waals surface area contributed by atoms with E-state index in [4.69, 9.17) is 4.74 Å². The molecule has 1 aliphatic carbocycles. The molecule has 2 fully saturated rings. The molecule has 3 atom stereocenters. The molecule has 4 rings (SSSR count). The fourth-order valence-electron chi connectivity index (χ4n) is 4.15. The summed E-state index contributed by atoms with van der Waals surface area (Å²) in [5, 5.41) is 5.09. The first-order chi connectivity index (χ1) is 14.4. The SMILES string of the molecule is CC(C)NC(=O)C1(Cc2ccc(-c3cccs3)cc2)CN(C(=O)C2CC2C)CCO1. The van der Waals surface area contributed by atoms with Crippen molar-refractivity contribution in [1.82, 2.24) is 10.2 Å². The molecule has 1 N–H and O–H groups in total. The number of morpholine rings is 1. The highest BCUT2D eigenvalue weighted by molar-refractivity contribution is 7.13. The van der Waals surface area contributed by atoms with Gasteiger partial charge in [0, 0.05) is 29.8 Å². The van der Waals surface area contributed by atoms with Crippen LogP contribution in [0.3, 0.4) is 0 Å². The van der Waals surface area contributed by atoms with Crippen LogP contribution in [0.25, 0.3) is 10.4 Å². The summed E-state index contributed by atoms with van der Waals surface area (Å²) in [5.74, 6) is 0.588. The molecule has 5 nitrogen and oxygen atoms in total. The third kappa shape index (κ3) is 4.44. The first kappa shape index (κ1) is 21.1. The minimum absolute atomic E-state index is 0.00807. The second-order valence-corrected chi connectivity index (χ2v) is 9.85. The smallest absolute Gasteiger partial charge is 0.254 e. The fourth-order valence-corrected chi connectivity index (χ4v) is 4.88. The molecule has 0 radical (unpaired) electrons. The molecular weight excluding hydrogens is 396 g/mol. The number of amides is 2. The molecule has 2 aromatic rings. The van der Waals surface area contributed by atoms with E-state index in [-0.39, 0.29) is 23.8 Å². The van der Waals surface area contributed by atoms with E-state index in [1.54, 1.807) is 11.3 Å². The molecule has 1 saturated heterocycles. The predicted molar refractivity (Wildman–Crippen MR) is 119 cm³/mol. The molecule has 1 saturated carbocycles. The molecule has 1 aliphatic heterocycles. The molecule has 0 spiro atoms. The zero-order chi connectivity index (χ0) is 21.3. The van der Waals surface area contributed by atoms with Crippen LogP contribution in [0.2, 0.25) is 0 Å². The Kier molecular flexibility index (Phi) is 5.98. The van der Waals surface area contributed by atoms with Gasteiger partial charge in [-0.2, -0.15) is 0 Å². The lowest BCUT2D eigenvalue weighted by atomic mass is 9.90. The van der Waals surface area contributed by atoms with Gasteiger partial charge in [-0.25, -0.2) is 0 Å². The van der Waals surface area contributed by atoms with E-state index in [9.17, 15) is 9.59 Å². The number of ether oxygens (including phenoxy) is 1. The number of carbonyl (C=O) groups is 2. The van der Waals surface area contributed by atoms with Gasteiger partial charge in [0.05, 0.1) is 13.2 Å². The zero-order valence-corrected chi connectivity index (χ0v) is 18.7. The van der Waals surface area contributed by atoms with E-state index in [0.717, 1.165) is 12.0 Å². The largest absolute Gasteiger partial charge is 0.361 e. The van der Waals surface area contributed by atoms with E-state index in [1.165, 1.54) is 10.4 Å². The second-order valence-electron chi connectivity index (χ2n) is 8.90. The van der Waals surface area contributed by atoms with Crippen LogP contribution in [0.15, 0.2) is 41.8 Å². The number of rotatable bonds is 6. The Hall–Kier alpha value is -2.18. The van der Waals surface area contributed by atoms with Crippen LogP contribution in [-0.4, -0.2) is 48.1 Å². The Bertz CT molecular complexity index is 894. The van der Waals surface area contributed by atoms with E-state index in [2.05, 4.69) is 48.0 Å². The zero-order valence-electron chi connectivity index (χ0n) is 17.9. The summed E-state index contributed by atoms with van der Waals surface area (Å²) in [6.45, 7) is 7.23. The van der Waals surface area contributed by atoms with Crippen molar-refractivity contribution in [2.75, 3.05) is 19.7 Å². The maximum Gasteiger partial charge on any atom is 0.254 e. The van der Waals surface area contributed by atoms with Gasteiger partial charge in [-0.1, -0.05) is 37.3 Å². The number of carbonyl (C=O) groups excluding carboxylic acids is 2. The maximum absolute atomic E-state index is 13.2. The standard InChI is InChI=1S/C24H30N2O3S/c1-16(2)25-23(28)24(15-26(10-11-29-24)22(27)20-13-17(20)3)14-18-6-8-19(9-7-18)21-5-4-12-30-21/h4-9,12,16-17,20H,10-11,13-15H2,1-3H3,(H,25,28). The lowest BCUT2D eigenvalue weighted by Crippen LogP contribution is -2.63. The van der Waals surface area contributed by atoms with Crippen LogP contribution in [0.5, 0.6) is 0 Å². The first-order valence-electron chi connectivity index (χ1n) is 10.7. The van der Waals surface area contributed by atoms with Gasteiger partial charge < -0.3 is 15.0 Å². The van der Waals surface area contributed by atoms with Gasteiger partial charge in [-0.05, 0) is 48.8 Å². The third-order valence-corrected chi connectivity index (χ3v) is 6.93. The Morgan fingerprint density at radius 2 is 2.00 bits per heavy atom. The van der Waals surface area contributed by atoms with Gasteiger partial charge in [0.2, 0.25) is 5.91 Å². The summed E-state index contributed by atoms with van der Waals surface area (Å²) in [4.78, 5) is 29.2. The number of thiophene rings is 1. The molecule has 0 bridgehead atoms. The minimum Gasteiger partial charge on any atom is -0.361 e. The Morgan fingerprint density at radius 3 is 2.60 bits per heavy atom. The monoisotopic (exact) mass is 426 g/mol. The van der Waals surface area contributed by atoms with Gasteiger partial charge in [-0.3, -0.25) is 9.59 Å². The van der Waals surface area contributed by atoms with Crippen molar-refractivity contribution in [1.29, 1.82) is 0 Å². The predicted octanol–water partition coefficient (Wildman–Crippen LogP) is 3.74. The minimum atomic E-state index is -1.05. The van der Waals surface area contributed by atoms with E-state index in [1.807, 2.05) is 24.8 Å². The molecule has 1 aromatic carbocycles. The van der Waals surface area contributed by atoms with E-state index in [0.29, 0.717) is 32.0 Å². The summed E-state index contributed by atoms with van der Waals surface area (Å²) < 4.78 is 6.14. The van der Waals surface area contributed by atoms with Crippen molar-refractivity contribution in [2.24, 2.45) is 11.8 Å².